The number of allylic oxidation sites excluding steroid dienone is 1. The predicted octanol–water partition coefficient (Wildman–Crippen LogP) is 6.17. The Bertz CT molecular complexity index is 1020. The lowest BCUT2D eigenvalue weighted by Crippen LogP contribution is -2.34. The Labute approximate surface area is 183 Å². The largest absolute Gasteiger partial charge is 0.326 e. The average molecular weight is 416 g/mol. The molecule has 2 aromatic carbocycles. The minimum atomic E-state index is 0.116. The number of rotatable bonds is 5. The molecule has 4 heteroatoms. The molecule has 30 heavy (non-hydrogen) atoms. The summed E-state index contributed by atoms with van der Waals surface area (Å²) in [7, 11) is 0. The molecular formula is C26H29N3S. The van der Waals surface area contributed by atoms with Crippen molar-refractivity contribution < 1.29 is 0 Å². The molecule has 3 nitrogen and oxygen atoms in total. The van der Waals surface area contributed by atoms with Crippen molar-refractivity contribution in [3.8, 4) is 0 Å². The van der Waals surface area contributed by atoms with Crippen molar-refractivity contribution >= 4 is 23.1 Å². The Kier molecular flexibility index (Phi) is 5.80. The van der Waals surface area contributed by atoms with E-state index in [2.05, 4.69) is 115 Å². The number of nitrogens with one attached hydrogen (secondary N) is 1. The molecule has 3 aromatic rings. The smallest absolute Gasteiger partial charge is 0.0958 e. The number of hydrogen-bond donors (Lipinski definition) is 2. The van der Waals surface area contributed by atoms with E-state index in [-0.39, 0.29) is 11.5 Å². The molecule has 1 aliphatic rings. The van der Waals surface area contributed by atoms with Gasteiger partial charge in [-0.1, -0.05) is 63.2 Å². The first-order valence-electron chi connectivity index (χ1n) is 10.3. The van der Waals surface area contributed by atoms with E-state index in [9.17, 15) is 0 Å². The Hall–Kier alpha value is -2.82. The number of thiophene rings is 1. The van der Waals surface area contributed by atoms with Crippen molar-refractivity contribution in [2.24, 2.45) is 5.73 Å². The molecule has 1 aromatic heterocycles. The summed E-state index contributed by atoms with van der Waals surface area (Å²) in [6.45, 7) is 7.30. The van der Waals surface area contributed by atoms with Gasteiger partial charge in [-0.05, 0) is 63.9 Å². The molecule has 1 aliphatic heterocycles. The van der Waals surface area contributed by atoms with Crippen molar-refractivity contribution in [1.29, 1.82) is 0 Å². The number of hydrogen-bond acceptors (Lipinski definition) is 4. The number of nitrogens with zero attached hydrogens (tertiary/aromatic N) is 1. The maximum Gasteiger partial charge on any atom is 0.0958 e. The first-order chi connectivity index (χ1) is 14.4. The fourth-order valence-electron chi connectivity index (χ4n) is 3.58. The Morgan fingerprint density at radius 2 is 1.73 bits per heavy atom. The van der Waals surface area contributed by atoms with E-state index in [4.69, 9.17) is 5.73 Å². The van der Waals surface area contributed by atoms with Crippen LogP contribution in [0.3, 0.4) is 0 Å². The van der Waals surface area contributed by atoms with Gasteiger partial charge in [0.25, 0.3) is 0 Å². The first kappa shape index (κ1) is 20.5. The van der Waals surface area contributed by atoms with Crippen molar-refractivity contribution in [3.05, 3.63) is 105 Å². The molecule has 0 amide bonds. The normalized spacial score (nSPS) is 16.7. The van der Waals surface area contributed by atoms with Gasteiger partial charge >= 0.3 is 0 Å². The zero-order chi connectivity index (χ0) is 21.1. The molecule has 1 atom stereocenters. The van der Waals surface area contributed by atoms with Crippen LogP contribution in [0.4, 0.5) is 5.69 Å². The van der Waals surface area contributed by atoms with E-state index in [1.165, 1.54) is 16.0 Å². The van der Waals surface area contributed by atoms with E-state index in [1.807, 2.05) is 0 Å². The molecule has 3 N–H and O–H groups in total. The monoisotopic (exact) mass is 415 g/mol. The zero-order valence-electron chi connectivity index (χ0n) is 17.8. The summed E-state index contributed by atoms with van der Waals surface area (Å²) in [6, 6.07) is 21.8. The van der Waals surface area contributed by atoms with Crippen LogP contribution in [0.25, 0.3) is 6.08 Å². The second-order valence-corrected chi connectivity index (χ2v) is 9.62. The Balaban J connectivity index is 1.65. The number of nitrogens with two attached hydrogens (primary N) is 1. The summed E-state index contributed by atoms with van der Waals surface area (Å²) in [6.07, 6.45) is 6.59. The van der Waals surface area contributed by atoms with Crippen molar-refractivity contribution in [2.75, 3.05) is 5.01 Å². The molecule has 1 unspecified atom stereocenters. The molecule has 154 valence electrons. The Morgan fingerprint density at radius 3 is 2.33 bits per heavy atom. The first-order valence-corrected chi connectivity index (χ1v) is 11.2. The summed E-state index contributed by atoms with van der Waals surface area (Å²) in [5.74, 6) is 0. The van der Waals surface area contributed by atoms with E-state index in [0.29, 0.717) is 6.54 Å². The summed E-state index contributed by atoms with van der Waals surface area (Å²) >= 11 is 1.74. The molecule has 0 saturated carbocycles. The summed E-state index contributed by atoms with van der Waals surface area (Å²) in [5, 5.41) is 4.32. The van der Waals surface area contributed by atoms with Crippen molar-refractivity contribution in [3.63, 3.8) is 0 Å². The van der Waals surface area contributed by atoms with Gasteiger partial charge in [-0.2, -0.15) is 0 Å². The lowest BCUT2D eigenvalue weighted by Gasteiger charge is -2.28. The third-order valence-electron chi connectivity index (χ3n) is 5.40. The highest BCUT2D eigenvalue weighted by Crippen LogP contribution is 2.34. The number of anilines is 1. The van der Waals surface area contributed by atoms with Crippen LogP contribution in [-0.4, -0.2) is 0 Å². The fourth-order valence-corrected chi connectivity index (χ4v) is 4.20. The molecule has 2 heterocycles. The third kappa shape index (κ3) is 4.50. The van der Waals surface area contributed by atoms with Crippen LogP contribution in [-0.2, 0) is 12.0 Å². The van der Waals surface area contributed by atoms with Crippen LogP contribution in [0, 0.1) is 0 Å². The lowest BCUT2D eigenvalue weighted by atomic mass is 9.86. The molecular weight excluding hydrogens is 386 g/mol. The fraction of sp³-hybridized carbons (Fsp3) is 0.231. The predicted molar refractivity (Wildman–Crippen MR) is 129 cm³/mol. The molecule has 4 rings (SSSR count). The topological polar surface area (TPSA) is 41.3 Å². The number of benzene rings is 2. The maximum absolute atomic E-state index is 5.78. The third-order valence-corrected chi connectivity index (χ3v) is 6.24. The maximum atomic E-state index is 5.78. The van der Waals surface area contributed by atoms with E-state index < -0.39 is 0 Å². The average Bonchev–Trinajstić information content (AvgIpc) is 3.42. The van der Waals surface area contributed by atoms with Gasteiger partial charge in [0.2, 0.25) is 0 Å². The molecule has 0 radical (unpaired) electrons. The highest BCUT2D eigenvalue weighted by atomic mass is 32.1. The van der Waals surface area contributed by atoms with Gasteiger partial charge in [-0.15, -0.1) is 11.3 Å². The van der Waals surface area contributed by atoms with Gasteiger partial charge in [0.15, 0.2) is 0 Å². The molecule has 0 bridgehead atoms. The SMILES string of the molecule is CC(C)(C)c1ccc(C2C=C(C=Cc3cccs3)NN2c2ccc(CN)cc2)cc1. The molecule has 0 spiro atoms. The zero-order valence-corrected chi connectivity index (χ0v) is 18.6. The quantitative estimate of drug-likeness (QED) is 0.524. The van der Waals surface area contributed by atoms with Crippen LogP contribution in [0.5, 0.6) is 0 Å². The van der Waals surface area contributed by atoms with Crippen molar-refractivity contribution in [2.45, 2.75) is 38.8 Å². The summed E-state index contributed by atoms with van der Waals surface area (Å²) < 4.78 is 0. The molecule has 0 fully saturated rings. The summed E-state index contributed by atoms with van der Waals surface area (Å²) in [5.41, 5.74) is 15.5. The van der Waals surface area contributed by atoms with Crippen LogP contribution in [0.15, 0.2) is 83.9 Å². The lowest BCUT2D eigenvalue weighted by molar-refractivity contribution is 0.589. The van der Waals surface area contributed by atoms with E-state index in [0.717, 1.165) is 16.9 Å². The van der Waals surface area contributed by atoms with Crippen molar-refractivity contribution in [1.82, 2.24) is 5.43 Å². The van der Waals surface area contributed by atoms with Gasteiger partial charge in [-0.25, -0.2) is 0 Å². The van der Waals surface area contributed by atoms with E-state index in [1.54, 1.807) is 11.3 Å². The second-order valence-electron chi connectivity index (χ2n) is 8.64. The van der Waals surface area contributed by atoms with Crippen LogP contribution < -0.4 is 16.2 Å². The minimum absolute atomic E-state index is 0.116. The van der Waals surface area contributed by atoms with Gasteiger partial charge < -0.3 is 5.73 Å². The highest BCUT2D eigenvalue weighted by Gasteiger charge is 2.26. The van der Waals surface area contributed by atoms with Crippen LogP contribution >= 0.6 is 11.3 Å². The number of hydrazine groups is 1. The van der Waals surface area contributed by atoms with Crippen LogP contribution in [0.2, 0.25) is 0 Å². The molecule has 0 aliphatic carbocycles. The highest BCUT2D eigenvalue weighted by molar-refractivity contribution is 7.10. The van der Waals surface area contributed by atoms with Crippen LogP contribution in [0.1, 0.15) is 48.4 Å². The molecule has 0 saturated heterocycles. The van der Waals surface area contributed by atoms with Gasteiger partial charge in [-0.3, -0.25) is 10.4 Å². The standard InChI is InChI=1S/C26H29N3S/c1-26(2,3)21-10-8-20(9-11-21)25-17-22(12-15-24-5-4-16-30-24)28-29(25)23-13-6-19(18-27)7-14-23/h4-17,25,28H,18,27H2,1-3H3. The van der Waals surface area contributed by atoms with Gasteiger partial charge in [0.1, 0.15) is 0 Å². The van der Waals surface area contributed by atoms with Gasteiger partial charge in [0, 0.05) is 11.4 Å². The Morgan fingerprint density at radius 1 is 1.00 bits per heavy atom. The minimum Gasteiger partial charge on any atom is -0.326 e. The summed E-state index contributed by atoms with van der Waals surface area (Å²) in [4.78, 5) is 1.24. The van der Waals surface area contributed by atoms with Gasteiger partial charge in [0.05, 0.1) is 17.4 Å². The second kappa shape index (κ2) is 8.50. The van der Waals surface area contributed by atoms with E-state index >= 15 is 0 Å².